The third kappa shape index (κ3) is 7.42. The summed E-state index contributed by atoms with van der Waals surface area (Å²) < 4.78 is 6.06. The van der Waals surface area contributed by atoms with Gasteiger partial charge >= 0.3 is 0 Å². The van der Waals surface area contributed by atoms with Gasteiger partial charge in [-0.15, -0.1) is 0 Å². The average molecular weight is 458 g/mol. The maximum atomic E-state index is 13.1. The van der Waals surface area contributed by atoms with Gasteiger partial charge in [0.25, 0.3) is 0 Å². The number of amides is 1. The zero-order chi connectivity index (χ0) is 23.6. The van der Waals surface area contributed by atoms with E-state index in [-0.39, 0.29) is 11.8 Å². The van der Waals surface area contributed by atoms with E-state index in [4.69, 9.17) is 4.74 Å². The molecule has 1 fully saturated rings. The van der Waals surface area contributed by atoms with Crippen molar-refractivity contribution in [3.8, 4) is 5.75 Å². The first-order chi connectivity index (χ1) is 16.7. The molecular weight excluding hydrogens is 422 g/mol. The Labute approximate surface area is 203 Å². The molecule has 3 aromatic rings. The number of nitrogens with zero attached hydrogens (tertiary/aromatic N) is 2. The third-order valence-electron chi connectivity index (χ3n) is 6.47. The number of pyridine rings is 1. The molecule has 0 saturated carbocycles. The Kier molecular flexibility index (Phi) is 8.69. The summed E-state index contributed by atoms with van der Waals surface area (Å²) in [4.78, 5) is 19.8. The van der Waals surface area contributed by atoms with Gasteiger partial charge in [-0.2, -0.15) is 0 Å². The SMILES string of the molecule is Cc1ccc(OC[C@H]2C[C@@H](C(=O)NCCc3ccccc3)CN(CCc3ccccc3)C2)cn1. The topological polar surface area (TPSA) is 54.5 Å². The molecule has 1 N–H and O–H groups in total. The van der Waals surface area contributed by atoms with Crippen molar-refractivity contribution in [3.05, 3.63) is 95.8 Å². The fraction of sp³-hybridized carbons (Fsp3) is 0.379. The van der Waals surface area contributed by atoms with E-state index in [1.165, 1.54) is 11.1 Å². The molecule has 0 unspecified atom stereocenters. The second-order valence-electron chi connectivity index (χ2n) is 9.27. The zero-order valence-corrected chi connectivity index (χ0v) is 20.0. The van der Waals surface area contributed by atoms with Gasteiger partial charge in [-0.3, -0.25) is 9.78 Å². The average Bonchev–Trinajstić information content (AvgIpc) is 2.88. The van der Waals surface area contributed by atoms with Gasteiger partial charge in [0.15, 0.2) is 0 Å². The van der Waals surface area contributed by atoms with E-state index in [2.05, 4.69) is 51.6 Å². The smallest absolute Gasteiger partial charge is 0.224 e. The van der Waals surface area contributed by atoms with Crippen LogP contribution in [0.25, 0.3) is 0 Å². The van der Waals surface area contributed by atoms with E-state index in [1.54, 1.807) is 6.20 Å². The zero-order valence-electron chi connectivity index (χ0n) is 20.0. The highest BCUT2D eigenvalue weighted by atomic mass is 16.5. The highest BCUT2D eigenvalue weighted by Crippen LogP contribution is 2.24. The Morgan fingerprint density at radius 2 is 1.68 bits per heavy atom. The summed E-state index contributed by atoms with van der Waals surface area (Å²) in [6.07, 6.45) is 4.46. The fourth-order valence-corrected chi connectivity index (χ4v) is 4.60. The van der Waals surface area contributed by atoms with Crippen LogP contribution in [0.1, 0.15) is 23.2 Å². The summed E-state index contributed by atoms with van der Waals surface area (Å²) in [5, 5.41) is 3.18. The minimum atomic E-state index is -0.0231. The molecule has 1 saturated heterocycles. The van der Waals surface area contributed by atoms with E-state index in [1.807, 2.05) is 43.3 Å². The predicted molar refractivity (Wildman–Crippen MR) is 136 cm³/mol. The van der Waals surface area contributed by atoms with Gasteiger partial charge in [-0.05, 0) is 49.4 Å². The van der Waals surface area contributed by atoms with Gasteiger partial charge < -0.3 is 15.0 Å². The molecule has 1 amide bonds. The molecule has 0 bridgehead atoms. The minimum absolute atomic E-state index is 0.0231. The van der Waals surface area contributed by atoms with E-state index in [0.29, 0.717) is 19.1 Å². The lowest BCUT2D eigenvalue weighted by Crippen LogP contribution is -2.48. The molecule has 1 aliphatic heterocycles. The maximum absolute atomic E-state index is 13.1. The molecular formula is C29H35N3O2. The first kappa shape index (κ1) is 24.0. The minimum Gasteiger partial charge on any atom is -0.492 e. The molecule has 0 spiro atoms. The largest absolute Gasteiger partial charge is 0.492 e. The molecule has 5 nitrogen and oxygen atoms in total. The third-order valence-corrected chi connectivity index (χ3v) is 6.47. The van der Waals surface area contributed by atoms with Crippen molar-refractivity contribution in [3.63, 3.8) is 0 Å². The highest BCUT2D eigenvalue weighted by Gasteiger charge is 2.31. The number of hydrogen-bond donors (Lipinski definition) is 1. The van der Waals surface area contributed by atoms with E-state index < -0.39 is 0 Å². The van der Waals surface area contributed by atoms with Gasteiger partial charge in [0.1, 0.15) is 5.75 Å². The van der Waals surface area contributed by atoms with E-state index in [0.717, 1.165) is 50.3 Å². The number of piperidine rings is 1. The summed E-state index contributed by atoms with van der Waals surface area (Å²) in [7, 11) is 0. The van der Waals surface area contributed by atoms with Crippen molar-refractivity contribution >= 4 is 5.91 Å². The molecule has 1 aliphatic rings. The highest BCUT2D eigenvalue weighted by molar-refractivity contribution is 5.79. The number of nitrogens with one attached hydrogen (secondary N) is 1. The van der Waals surface area contributed by atoms with Crippen LogP contribution in [0, 0.1) is 18.8 Å². The van der Waals surface area contributed by atoms with E-state index >= 15 is 0 Å². The van der Waals surface area contributed by atoms with Crippen LogP contribution in [-0.2, 0) is 17.6 Å². The number of benzene rings is 2. The number of rotatable bonds is 10. The quantitative estimate of drug-likeness (QED) is 0.493. The number of aryl methyl sites for hydroxylation is 1. The standard InChI is InChI=1S/C29H35N3O2/c1-23-12-13-28(19-31-23)34-22-26-18-27(29(33)30-16-14-24-8-4-2-5-9-24)21-32(20-26)17-15-25-10-6-3-7-11-25/h2-13,19,26-27H,14-18,20-22H2,1H3,(H,30,33)/t26-,27+/m0/s1. The number of carbonyl (C=O) groups excluding carboxylic acids is 1. The van der Waals surface area contributed by atoms with E-state index in [9.17, 15) is 4.79 Å². The molecule has 178 valence electrons. The maximum Gasteiger partial charge on any atom is 0.224 e. The number of carbonyl (C=O) groups is 1. The summed E-state index contributed by atoms with van der Waals surface area (Å²) in [6.45, 7) is 5.92. The van der Waals surface area contributed by atoms with Gasteiger partial charge in [0.05, 0.1) is 18.7 Å². The second-order valence-corrected chi connectivity index (χ2v) is 9.27. The Bertz CT molecular complexity index is 1010. The number of ether oxygens (including phenoxy) is 1. The monoisotopic (exact) mass is 457 g/mol. The van der Waals surface area contributed by atoms with Crippen LogP contribution >= 0.6 is 0 Å². The molecule has 5 heteroatoms. The Morgan fingerprint density at radius 3 is 2.35 bits per heavy atom. The van der Waals surface area contributed by atoms with Gasteiger partial charge in [-0.25, -0.2) is 0 Å². The summed E-state index contributed by atoms with van der Waals surface area (Å²) in [5.41, 5.74) is 3.55. The van der Waals surface area contributed by atoms with Crippen LogP contribution in [0.15, 0.2) is 79.0 Å². The van der Waals surface area contributed by atoms with Crippen molar-refractivity contribution in [1.82, 2.24) is 15.2 Å². The fourth-order valence-electron chi connectivity index (χ4n) is 4.60. The number of hydrogen-bond acceptors (Lipinski definition) is 4. The van der Waals surface area contributed by atoms with Crippen molar-refractivity contribution in [2.24, 2.45) is 11.8 Å². The summed E-state index contributed by atoms with van der Waals surface area (Å²) >= 11 is 0. The summed E-state index contributed by atoms with van der Waals surface area (Å²) in [6, 6.07) is 24.8. The summed E-state index contributed by atoms with van der Waals surface area (Å²) in [5.74, 6) is 1.22. The van der Waals surface area contributed by atoms with Crippen molar-refractivity contribution in [2.45, 2.75) is 26.2 Å². The molecule has 1 aromatic heterocycles. The molecule has 34 heavy (non-hydrogen) atoms. The lowest BCUT2D eigenvalue weighted by atomic mass is 9.88. The first-order valence-electron chi connectivity index (χ1n) is 12.3. The van der Waals surface area contributed by atoms with Crippen LogP contribution < -0.4 is 10.1 Å². The van der Waals surface area contributed by atoms with Crippen LogP contribution in [-0.4, -0.2) is 48.6 Å². The molecule has 0 aliphatic carbocycles. The second kappa shape index (κ2) is 12.3. The van der Waals surface area contributed by atoms with Crippen LogP contribution in [0.5, 0.6) is 5.75 Å². The molecule has 4 rings (SSSR count). The lowest BCUT2D eigenvalue weighted by Gasteiger charge is -2.37. The van der Waals surface area contributed by atoms with Crippen molar-refractivity contribution in [2.75, 3.05) is 32.8 Å². The van der Waals surface area contributed by atoms with Gasteiger partial charge in [-0.1, -0.05) is 60.7 Å². The molecule has 2 atom stereocenters. The normalized spacial score (nSPS) is 18.4. The van der Waals surface area contributed by atoms with Crippen molar-refractivity contribution in [1.29, 1.82) is 0 Å². The van der Waals surface area contributed by atoms with Gasteiger partial charge in [0, 0.05) is 37.8 Å². The number of likely N-dealkylation sites (tertiary alicyclic amines) is 1. The van der Waals surface area contributed by atoms with Crippen LogP contribution in [0.4, 0.5) is 0 Å². The first-order valence-corrected chi connectivity index (χ1v) is 12.3. The Morgan fingerprint density at radius 1 is 0.971 bits per heavy atom. The lowest BCUT2D eigenvalue weighted by molar-refractivity contribution is -0.127. The van der Waals surface area contributed by atoms with Gasteiger partial charge in [0.2, 0.25) is 5.91 Å². The predicted octanol–water partition coefficient (Wildman–Crippen LogP) is 4.31. The number of aromatic nitrogens is 1. The van der Waals surface area contributed by atoms with Crippen molar-refractivity contribution < 1.29 is 9.53 Å². The Balaban J connectivity index is 1.33. The molecule has 2 heterocycles. The van der Waals surface area contributed by atoms with Crippen LogP contribution in [0.2, 0.25) is 0 Å². The molecule has 2 aromatic carbocycles. The molecule has 0 radical (unpaired) electrons. The van der Waals surface area contributed by atoms with Crippen LogP contribution in [0.3, 0.4) is 0 Å². The Hall–Kier alpha value is -3.18.